The first-order chi connectivity index (χ1) is 15.1. The summed E-state index contributed by atoms with van der Waals surface area (Å²) in [4.78, 5) is 29.0. The van der Waals surface area contributed by atoms with Crippen LogP contribution in [-0.2, 0) is 11.0 Å². The Balaban J connectivity index is 1.37. The number of piperidine rings is 1. The number of alkyl halides is 3. The van der Waals surface area contributed by atoms with Gasteiger partial charge in [0.25, 0.3) is 5.91 Å². The number of furan rings is 1. The number of halogens is 4. The quantitative estimate of drug-likeness (QED) is 0.613. The second-order valence-electron chi connectivity index (χ2n) is 9.38. The van der Waals surface area contributed by atoms with Gasteiger partial charge in [-0.2, -0.15) is 13.2 Å². The van der Waals surface area contributed by atoms with Gasteiger partial charge in [-0.05, 0) is 55.2 Å². The molecule has 5 rings (SSSR count). The molecule has 2 aliphatic heterocycles. The van der Waals surface area contributed by atoms with Crippen LogP contribution in [0.1, 0.15) is 60.2 Å². The molecule has 9 heteroatoms. The highest BCUT2D eigenvalue weighted by atomic mass is 35.5. The van der Waals surface area contributed by atoms with Crippen molar-refractivity contribution < 1.29 is 27.2 Å². The van der Waals surface area contributed by atoms with Gasteiger partial charge < -0.3 is 14.2 Å². The van der Waals surface area contributed by atoms with Gasteiger partial charge in [-0.25, -0.2) is 0 Å². The first-order valence-corrected chi connectivity index (χ1v) is 11.4. The van der Waals surface area contributed by atoms with Crippen LogP contribution in [0.15, 0.2) is 16.5 Å². The van der Waals surface area contributed by atoms with E-state index in [1.54, 1.807) is 6.07 Å². The van der Waals surface area contributed by atoms with Crippen molar-refractivity contribution in [2.45, 2.75) is 44.7 Å². The average Bonchev–Trinajstić information content (AvgIpc) is 3.53. The summed E-state index contributed by atoms with van der Waals surface area (Å²) in [5, 5.41) is 0.0504. The number of hydrogen-bond donors (Lipinski definition) is 0. The molecule has 3 fully saturated rings. The van der Waals surface area contributed by atoms with Gasteiger partial charge in [0.1, 0.15) is 5.58 Å². The number of hydrogen-bond acceptors (Lipinski definition) is 3. The van der Waals surface area contributed by atoms with Gasteiger partial charge in [0, 0.05) is 37.5 Å². The van der Waals surface area contributed by atoms with Crippen molar-refractivity contribution in [2.24, 2.45) is 11.8 Å². The van der Waals surface area contributed by atoms with Crippen LogP contribution < -0.4 is 0 Å². The zero-order valence-corrected chi connectivity index (χ0v) is 18.4. The Hall–Kier alpha value is -2.22. The molecule has 32 heavy (non-hydrogen) atoms. The second kappa shape index (κ2) is 7.68. The monoisotopic (exact) mass is 468 g/mol. The molecule has 0 spiro atoms. The lowest BCUT2D eigenvalue weighted by molar-refractivity contribution is -0.143. The minimum absolute atomic E-state index is 0.0780. The Bertz CT molecular complexity index is 1080. The van der Waals surface area contributed by atoms with E-state index in [1.807, 2.05) is 4.90 Å². The van der Waals surface area contributed by atoms with Crippen molar-refractivity contribution in [3.8, 4) is 0 Å². The van der Waals surface area contributed by atoms with E-state index in [0.717, 1.165) is 32.0 Å². The Morgan fingerprint density at radius 2 is 1.72 bits per heavy atom. The Kier molecular flexibility index (Phi) is 5.19. The Labute approximate surface area is 188 Å². The maximum atomic E-state index is 13.7. The fourth-order valence-electron chi connectivity index (χ4n) is 4.80. The number of benzene rings is 1. The Morgan fingerprint density at radius 1 is 1.06 bits per heavy atom. The molecule has 0 unspecified atom stereocenters. The molecule has 3 heterocycles. The molecule has 1 aliphatic carbocycles. The van der Waals surface area contributed by atoms with E-state index in [1.165, 1.54) is 4.90 Å². The van der Waals surface area contributed by atoms with E-state index < -0.39 is 23.2 Å². The molecule has 0 radical (unpaired) electrons. The predicted octanol–water partition coefficient (Wildman–Crippen LogP) is 5.31. The molecule has 0 bridgehead atoms. The van der Waals surface area contributed by atoms with E-state index >= 15 is 0 Å². The van der Waals surface area contributed by atoms with Crippen molar-refractivity contribution in [2.75, 3.05) is 26.2 Å². The summed E-state index contributed by atoms with van der Waals surface area (Å²) in [6.07, 6.45) is -1.89. The molecule has 3 aliphatic rings. The first-order valence-electron chi connectivity index (χ1n) is 11.0. The third-order valence-electron chi connectivity index (χ3n) is 6.81. The fourth-order valence-corrected chi connectivity index (χ4v) is 5.06. The summed E-state index contributed by atoms with van der Waals surface area (Å²) in [5.41, 5.74) is -0.718. The summed E-state index contributed by atoms with van der Waals surface area (Å²) in [6.45, 7) is 4.32. The van der Waals surface area contributed by atoms with Gasteiger partial charge in [0.2, 0.25) is 11.7 Å². The first kappa shape index (κ1) is 21.6. The van der Waals surface area contributed by atoms with E-state index in [-0.39, 0.29) is 33.9 Å². The van der Waals surface area contributed by atoms with Crippen molar-refractivity contribution in [1.29, 1.82) is 0 Å². The summed E-state index contributed by atoms with van der Waals surface area (Å²) in [7, 11) is 0. The number of carbonyl (C=O) groups is 2. The standard InChI is InChI=1S/C23H24ClF3N2O3/c1-12-10-29(11-12)21(30)14-4-6-28(7-5-14)22(31)20-18(24)16-8-15(13-2-3-13)9-17(19(16)32-20)23(25,26)27/h8-9,12-14H,2-7,10-11H2,1H3. The van der Waals surface area contributed by atoms with Crippen molar-refractivity contribution >= 4 is 34.4 Å². The van der Waals surface area contributed by atoms with Crippen LogP contribution in [0.5, 0.6) is 0 Å². The molecule has 0 atom stereocenters. The van der Waals surface area contributed by atoms with Crippen molar-refractivity contribution in [3.05, 3.63) is 34.0 Å². The SMILES string of the molecule is CC1CN(C(=O)C2CCN(C(=O)c3oc4c(C(F)(F)F)cc(C5CC5)cc4c3Cl)CC2)C1. The molecule has 1 aromatic carbocycles. The lowest BCUT2D eigenvalue weighted by atomic mass is 9.92. The van der Waals surface area contributed by atoms with Gasteiger partial charge >= 0.3 is 6.18 Å². The van der Waals surface area contributed by atoms with Crippen LogP contribution in [0.4, 0.5) is 13.2 Å². The normalized spacial score (nSPS) is 20.7. The van der Waals surface area contributed by atoms with E-state index in [9.17, 15) is 22.8 Å². The summed E-state index contributed by atoms with van der Waals surface area (Å²) >= 11 is 6.38. The second-order valence-corrected chi connectivity index (χ2v) is 9.76. The molecule has 1 aromatic heterocycles. The molecule has 0 N–H and O–H groups in total. The smallest absolute Gasteiger partial charge is 0.420 e. The van der Waals surface area contributed by atoms with Crippen LogP contribution in [0.2, 0.25) is 5.02 Å². The van der Waals surface area contributed by atoms with Crippen LogP contribution in [-0.4, -0.2) is 47.8 Å². The molecule has 1 saturated carbocycles. The maximum Gasteiger partial charge on any atom is 0.420 e. The zero-order chi connectivity index (χ0) is 22.8. The van der Waals surface area contributed by atoms with E-state index in [2.05, 4.69) is 6.92 Å². The highest BCUT2D eigenvalue weighted by molar-refractivity contribution is 6.38. The summed E-state index contributed by atoms with van der Waals surface area (Å²) in [6, 6.07) is 2.73. The van der Waals surface area contributed by atoms with Crippen LogP contribution in [0.3, 0.4) is 0 Å². The van der Waals surface area contributed by atoms with Gasteiger partial charge in [-0.15, -0.1) is 0 Å². The highest BCUT2D eigenvalue weighted by Crippen LogP contribution is 2.47. The Morgan fingerprint density at radius 3 is 2.28 bits per heavy atom. The zero-order valence-electron chi connectivity index (χ0n) is 17.7. The summed E-state index contributed by atoms with van der Waals surface area (Å²) in [5.74, 6) is -0.179. The minimum Gasteiger partial charge on any atom is -0.449 e. The number of carbonyl (C=O) groups excluding carboxylic acids is 2. The molecular formula is C23H24ClF3N2O3. The minimum atomic E-state index is -4.61. The third kappa shape index (κ3) is 3.76. The van der Waals surface area contributed by atoms with Gasteiger partial charge in [-0.3, -0.25) is 9.59 Å². The topological polar surface area (TPSA) is 53.8 Å². The maximum absolute atomic E-state index is 13.7. The lowest BCUT2D eigenvalue weighted by Crippen LogP contribution is -2.52. The van der Waals surface area contributed by atoms with Crippen LogP contribution >= 0.6 is 11.6 Å². The predicted molar refractivity (Wildman–Crippen MR) is 113 cm³/mol. The number of fused-ring (bicyclic) bond motifs is 1. The molecule has 2 amide bonds. The lowest BCUT2D eigenvalue weighted by Gasteiger charge is -2.41. The summed E-state index contributed by atoms with van der Waals surface area (Å²) < 4.78 is 46.5. The van der Waals surface area contributed by atoms with Crippen LogP contribution in [0.25, 0.3) is 11.0 Å². The number of amides is 2. The van der Waals surface area contributed by atoms with Gasteiger partial charge in [0.05, 0.1) is 10.6 Å². The molecule has 5 nitrogen and oxygen atoms in total. The number of rotatable bonds is 3. The highest BCUT2D eigenvalue weighted by Gasteiger charge is 2.39. The van der Waals surface area contributed by atoms with Crippen molar-refractivity contribution in [1.82, 2.24) is 9.80 Å². The average molecular weight is 469 g/mol. The largest absolute Gasteiger partial charge is 0.449 e. The number of nitrogens with zero attached hydrogens (tertiary/aromatic N) is 2. The van der Waals surface area contributed by atoms with E-state index in [4.69, 9.17) is 16.0 Å². The van der Waals surface area contributed by atoms with Gasteiger partial charge in [-0.1, -0.05) is 18.5 Å². The molecule has 2 saturated heterocycles. The van der Waals surface area contributed by atoms with Crippen molar-refractivity contribution in [3.63, 3.8) is 0 Å². The fraction of sp³-hybridized carbons (Fsp3) is 0.565. The molecular weight excluding hydrogens is 445 g/mol. The number of likely N-dealkylation sites (tertiary alicyclic amines) is 2. The molecule has 172 valence electrons. The van der Waals surface area contributed by atoms with Gasteiger partial charge in [0.15, 0.2) is 0 Å². The van der Waals surface area contributed by atoms with Crippen LogP contribution in [0, 0.1) is 11.8 Å². The molecule has 2 aromatic rings. The van der Waals surface area contributed by atoms with E-state index in [0.29, 0.717) is 37.4 Å². The third-order valence-corrected chi connectivity index (χ3v) is 7.18.